The van der Waals surface area contributed by atoms with Crippen LogP contribution in [0.5, 0.6) is 0 Å². The Morgan fingerprint density at radius 2 is 1.84 bits per heavy atom. The molecule has 128 valence electrons. The fourth-order valence-electron chi connectivity index (χ4n) is 4.66. The third-order valence-corrected chi connectivity index (χ3v) is 5.97. The van der Waals surface area contributed by atoms with E-state index in [1.165, 1.54) is 71.0 Å². The highest BCUT2D eigenvalue weighted by atomic mass is 16.3. The van der Waals surface area contributed by atoms with Crippen LogP contribution >= 0.6 is 0 Å². The van der Waals surface area contributed by atoms with E-state index in [1.807, 2.05) is 0 Å². The standard InChI is InChI=1S/C22H25N2O/c1-14-17-9-8-16(23(2)3)13-20(17)25-22-18-7-5-11-24-10-4-6-15(21(18)24)12-19(14)22/h8-9,12-13H,4-7,10-11H2,1-3H3/q+1. The second kappa shape index (κ2) is 5.35. The van der Waals surface area contributed by atoms with Crippen LogP contribution in [0.25, 0.3) is 22.3 Å². The van der Waals surface area contributed by atoms with Crippen molar-refractivity contribution in [2.75, 3.05) is 32.1 Å². The van der Waals surface area contributed by atoms with Crippen LogP contribution in [-0.4, -0.2) is 27.2 Å². The summed E-state index contributed by atoms with van der Waals surface area (Å²) >= 11 is 0. The van der Waals surface area contributed by atoms with Gasteiger partial charge in [-0.2, -0.15) is 0 Å². The molecule has 3 aliphatic heterocycles. The molecule has 4 aliphatic rings. The van der Waals surface area contributed by atoms with Crippen LogP contribution in [0.3, 0.4) is 0 Å². The van der Waals surface area contributed by atoms with E-state index in [0.717, 1.165) is 17.8 Å². The molecule has 0 saturated heterocycles. The predicted molar refractivity (Wildman–Crippen MR) is 104 cm³/mol. The van der Waals surface area contributed by atoms with Gasteiger partial charge in [-0.15, -0.1) is 0 Å². The summed E-state index contributed by atoms with van der Waals surface area (Å²) in [5.74, 6) is 1.00. The van der Waals surface area contributed by atoms with Crippen LogP contribution < -0.4 is 14.8 Å². The van der Waals surface area contributed by atoms with Gasteiger partial charge < -0.3 is 9.32 Å². The summed E-state index contributed by atoms with van der Waals surface area (Å²) < 4.78 is 8.67. The van der Waals surface area contributed by atoms with E-state index in [0.29, 0.717) is 0 Å². The Labute approximate surface area is 148 Å². The zero-order chi connectivity index (χ0) is 17.1. The number of hydrogen-bond donors (Lipinski definition) is 0. The molecular weight excluding hydrogens is 308 g/mol. The van der Waals surface area contributed by atoms with Crippen LogP contribution in [0.4, 0.5) is 5.69 Å². The van der Waals surface area contributed by atoms with Crippen molar-refractivity contribution in [1.82, 2.24) is 4.58 Å². The summed E-state index contributed by atoms with van der Waals surface area (Å²) in [6.45, 7) is 4.64. The monoisotopic (exact) mass is 333 g/mol. The van der Waals surface area contributed by atoms with Crippen molar-refractivity contribution in [3.8, 4) is 11.3 Å². The first kappa shape index (κ1) is 15.0. The number of aryl methyl sites for hydroxylation is 3. The third-order valence-electron chi connectivity index (χ3n) is 5.97. The SMILES string of the molecule is Cc1c2ccc(=[N+](C)C)cc-2oc2c3c4c(cc12)CCCN4CCC3. The van der Waals surface area contributed by atoms with Gasteiger partial charge in [0.2, 0.25) is 5.36 Å². The van der Waals surface area contributed by atoms with Gasteiger partial charge in [-0.1, -0.05) is 0 Å². The lowest BCUT2D eigenvalue weighted by atomic mass is 9.88. The molecule has 0 spiro atoms. The van der Waals surface area contributed by atoms with E-state index in [9.17, 15) is 0 Å². The van der Waals surface area contributed by atoms with Gasteiger partial charge in [0.05, 0.1) is 6.07 Å². The summed E-state index contributed by atoms with van der Waals surface area (Å²) in [4.78, 5) is 2.59. The van der Waals surface area contributed by atoms with Crippen molar-refractivity contribution >= 4 is 16.7 Å². The lowest BCUT2D eigenvalue weighted by Gasteiger charge is -2.37. The average molecular weight is 333 g/mol. The van der Waals surface area contributed by atoms with Crippen molar-refractivity contribution in [1.29, 1.82) is 0 Å². The van der Waals surface area contributed by atoms with Crippen LogP contribution in [0, 0.1) is 6.92 Å². The second-order valence-corrected chi connectivity index (χ2v) is 7.74. The van der Waals surface area contributed by atoms with Gasteiger partial charge in [0.15, 0.2) is 0 Å². The minimum atomic E-state index is 1.00. The minimum absolute atomic E-state index is 1.00. The molecule has 0 bridgehead atoms. The fraction of sp³-hybridized carbons (Fsp3) is 0.409. The van der Waals surface area contributed by atoms with E-state index in [4.69, 9.17) is 4.42 Å². The summed E-state index contributed by atoms with van der Waals surface area (Å²) in [7, 11) is 4.15. The van der Waals surface area contributed by atoms with Crippen LogP contribution in [0.1, 0.15) is 29.5 Å². The maximum Gasteiger partial charge on any atom is 0.203 e. The largest absolute Gasteiger partial charge is 0.455 e. The van der Waals surface area contributed by atoms with E-state index >= 15 is 0 Å². The Kier molecular flexibility index (Phi) is 3.21. The van der Waals surface area contributed by atoms with E-state index in [2.05, 4.69) is 54.8 Å². The molecule has 5 rings (SSSR count). The molecule has 0 aromatic heterocycles. The number of benzene rings is 2. The molecule has 0 radical (unpaired) electrons. The maximum atomic E-state index is 6.53. The quantitative estimate of drug-likeness (QED) is 0.463. The topological polar surface area (TPSA) is 19.4 Å². The Hall–Kier alpha value is -2.29. The van der Waals surface area contributed by atoms with Crippen LogP contribution in [-0.2, 0) is 12.8 Å². The molecule has 0 unspecified atom stereocenters. The zero-order valence-corrected chi connectivity index (χ0v) is 15.4. The van der Waals surface area contributed by atoms with Crippen molar-refractivity contribution in [3.63, 3.8) is 0 Å². The van der Waals surface area contributed by atoms with Crippen LogP contribution in [0.15, 0.2) is 28.7 Å². The van der Waals surface area contributed by atoms with Gasteiger partial charge in [0, 0.05) is 41.4 Å². The summed E-state index contributed by atoms with van der Waals surface area (Å²) in [5.41, 5.74) is 8.15. The predicted octanol–water partition coefficient (Wildman–Crippen LogP) is 3.58. The van der Waals surface area contributed by atoms with Gasteiger partial charge in [-0.3, -0.25) is 0 Å². The molecule has 25 heavy (non-hydrogen) atoms. The van der Waals surface area contributed by atoms with Crippen molar-refractivity contribution < 1.29 is 4.42 Å². The first-order chi connectivity index (χ1) is 12.1. The lowest BCUT2D eigenvalue weighted by molar-refractivity contribution is 0.592. The third kappa shape index (κ3) is 2.14. The van der Waals surface area contributed by atoms with Gasteiger partial charge in [0.1, 0.15) is 25.4 Å². The van der Waals surface area contributed by atoms with E-state index < -0.39 is 0 Å². The number of hydrogen-bond acceptors (Lipinski definition) is 2. The van der Waals surface area contributed by atoms with Gasteiger partial charge in [-0.25, -0.2) is 4.58 Å². The Balaban J connectivity index is 1.92. The van der Waals surface area contributed by atoms with Crippen molar-refractivity contribution in [2.45, 2.75) is 32.6 Å². The zero-order valence-electron chi connectivity index (χ0n) is 15.4. The van der Waals surface area contributed by atoms with Crippen molar-refractivity contribution in [3.05, 3.63) is 46.3 Å². The molecule has 3 heterocycles. The molecule has 0 N–H and O–H groups in total. The first-order valence-corrected chi connectivity index (χ1v) is 9.40. The minimum Gasteiger partial charge on any atom is -0.455 e. The lowest BCUT2D eigenvalue weighted by Crippen LogP contribution is -2.34. The highest BCUT2D eigenvalue weighted by Crippen LogP contribution is 2.43. The molecule has 1 aromatic carbocycles. The summed E-state index contributed by atoms with van der Waals surface area (Å²) in [6.07, 6.45) is 4.84. The molecule has 1 aliphatic carbocycles. The number of anilines is 1. The van der Waals surface area contributed by atoms with Crippen LogP contribution in [0.2, 0.25) is 0 Å². The maximum absolute atomic E-state index is 6.53. The van der Waals surface area contributed by atoms with Crippen molar-refractivity contribution in [2.24, 2.45) is 0 Å². The second-order valence-electron chi connectivity index (χ2n) is 7.74. The number of fused-ring (bicyclic) bond motifs is 3. The molecule has 3 nitrogen and oxygen atoms in total. The molecular formula is C22H25N2O+. The highest BCUT2D eigenvalue weighted by Gasteiger charge is 2.28. The molecule has 1 aromatic rings. The number of rotatable bonds is 0. The average Bonchev–Trinajstić information content (AvgIpc) is 2.63. The normalized spacial score (nSPS) is 16.4. The van der Waals surface area contributed by atoms with Gasteiger partial charge in [-0.05, 0) is 55.9 Å². The van der Waals surface area contributed by atoms with Gasteiger partial charge in [0.25, 0.3) is 0 Å². The first-order valence-electron chi connectivity index (χ1n) is 9.40. The summed E-state index contributed by atoms with van der Waals surface area (Å²) in [6, 6.07) is 8.97. The van der Waals surface area contributed by atoms with E-state index in [1.54, 1.807) is 0 Å². The van der Waals surface area contributed by atoms with E-state index in [-0.39, 0.29) is 0 Å². The number of nitrogens with zero attached hydrogens (tertiary/aromatic N) is 2. The fourth-order valence-corrected chi connectivity index (χ4v) is 4.66. The molecule has 0 amide bonds. The Morgan fingerprint density at radius 3 is 2.64 bits per heavy atom. The molecule has 3 heteroatoms. The van der Waals surface area contributed by atoms with Gasteiger partial charge >= 0.3 is 0 Å². The summed E-state index contributed by atoms with van der Waals surface area (Å²) in [5, 5.41) is 2.49. The molecule has 0 fully saturated rings. The highest BCUT2D eigenvalue weighted by molar-refractivity contribution is 5.94. The Bertz CT molecular complexity index is 1040. The Morgan fingerprint density at radius 1 is 1.04 bits per heavy atom. The molecule has 0 atom stereocenters. The molecule has 0 saturated carbocycles. The smallest absolute Gasteiger partial charge is 0.203 e.